The molecule has 4 nitrogen and oxygen atoms in total. The van der Waals surface area contributed by atoms with Crippen LogP contribution in [0.3, 0.4) is 0 Å². The van der Waals surface area contributed by atoms with E-state index in [4.69, 9.17) is 4.74 Å². The highest BCUT2D eigenvalue weighted by molar-refractivity contribution is 5.91. The average Bonchev–Trinajstić information content (AvgIpc) is 2.93. The first-order valence-corrected chi connectivity index (χ1v) is 12.6. The molecule has 4 aromatic carbocycles. The Kier molecular flexibility index (Phi) is 7.38. The minimum atomic E-state index is -4.66. The first-order valence-electron chi connectivity index (χ1n) is 12.6. The van der Waals surface area contributed by atoms with Crippen molar-refractivity contribution in [3.63, 3.8) is 0 Å². The smallest absolute Gasteiger partial charge is 0.417 e. The summed E-state index contributed by atoms with van der Waals surface area (Å²) in [5, 5.41) is 5.94. The summed E-state index contributed by atoms with van der Waals surface area (Å²) in [6, 6.07) is 25.9. The Balaban J connectivity index is 1.33. The van der Waals surface area contributed by atoms with Crippen LogP contribution >= 0.6 is 0 Å². The number of para-hydroxylation sites is 1. The minimum Gasteiger partial charge on any atom is -0.489 e. The molecule has 38 heavy (non-hydrogen) atoms. The molecule has 0 aromatic heterocycles. The van der Waals surface area contributed by atoms with Crippen molar-refractivity contribution in [2.45, 2.75) is 31.0 Å². The summed E-state index contributed by atoms with van der Waals surface area (Å²) in [6.07, 6.45) is -3.43. The second kappa shape index (κ2) is 10.9. The van der Waals surface area contributed by atoms with Gasteiger partial charge in [0.15, 0.2) is 0 Å². The van der Waals surface area contributed by atoms with Crippen molar-refractivity contribution in [1.29, 1.82) is 0 Å². The van der Waals surface area contributed by atoms with Crippen LogP contribution in [0.25, 0.3) is 10.8 Å². The van der Waals surface area contributed by atoms with E-state index in [-0.39, 0.29) is 12.0 Å². The van der Waals surface area contributed by atoms with Crippen molar-refractivity contribution >= 4 is 16.7 Å². The van der Waals surface area contributed by atoms with Crippen molar-refractivity contribution in [3.8, 4) is 5.75 Å². The maximum atomic E-state index is 13.6. The first-order chi connectivity index (χ1) is 18.3. The number of halogens is 3. The number of esters is 1. The van der Waals surface area contributed by atoms with Crippen LogP contribution in [0.1, 0.15) is 45.0 Å². The van der Waals surface area contributed by atoms with E-state index in [1.807, 2.05) is 36.4 Å². The third kappa shape index (κ3) is 5.38. The summed E-state index contributed by atoms with van der Waals surface area (Å²) < 4.78 is 51.6. The molecular formula is C31H28F3NO3. The maximum absolute atomic E-state index is 13.6. The van der Waals surface area contributed by atoms with Crippen LogP contribution in [0.4, 0.5) is 13.2 Å². The van der Waals surface area contributed by atoms with E-state index < -0.39 is 23.3 Å². The molecule has 2 atom stereocenters. The van der Waals surface area contributed by atoms with Gasteiger partial charge in [-0.1, -0.05) is 66.7 Å². The molecule has 196 valence electrons. The molecule has 0 spiro atoms. The van der Waals surface area contributed by atoms with Gasteiger partial charge >= 0.3 is 12.1 Å². The zero-order chi connectivity index (χ0) is 26.7. The fourth-order valence-electron chi connectivity index (χ4n) is 5.24. The highest BCUT2D eigenvalue weighted by Crippen LogP contribution is 2.42. The molecule has 1 N–H and O–H groups in total. The van der Waals surface area contributed by atoms with Crippen LogP contribution in [0.15, 0.2) is 84.9 Å². The van der Waals surface area contributed by atoms with E-state index in [0.29, 0.717) is 24.3 Å². The molecule has 2 unspecified atom stereocenters. The Hall–Kier alpha value is -3.84. The number of nitrogens with one attached hydrogen (secondary N) is 1. The van der Waals surface area contributed by atoms with Crippen molar-refractivity contribution in [2.24, 2.45) is 0 Å². The SMILES string of the molecule is COC(=O)c1cc(C2CC(CNCCc3cccc4ccccc34)Oc3ccccc32)ccc1C(F)(F)F. The molecule has 1 aliphatic heterocycles. The number of ether oxygens (including phenoxy) is 2. The quantitative estimate of drug-likeness (QED) is 0.217. The number of rotatable bonds is 7. The van der Waals surface area contributed by atoms with E-state index in [9.17, 15) is 18.0 Å². The molecule has 1 heterocycles. The van der Waals surface area contributed by atoms with Crippen molar-refractivity contribution in [1.82, 2.24) is 5.32 Å². The summed E-state index contributed by atoms with van der Waals surface area (Å²) >= 11 is 0. The molecule has 0 fully saturated rings. The lowest BCUT2D eigenvalue weighted by Crippen LogP contribution is -2.36. The largest absolute Gasteiger partial charge is 0.489 e. The van der Waals surface area contributed by atoms with Gasteiger partial charge in [0.25, 0.3) is 0 Å². The van der Waals surface area contributed by atoms with Gasteiger partial charge in [0.2, 0.25) is 0 Å². The Bertz CT molecular complexity index is 1440. The normalized spacial score (nSPS) is 17.1. The van der Waals surface area contributed by atoms with Crippen LogP contribution in [-0.2, 0) is 17.3 Å². The van der Waals surface area contributed by atoms with Gasteiger partial charge in [0.05, 0.1) is 18.2 Å². The lowest BCUT2D eigenvalue weighted by atomic mass is 9.83. The second-order valence-corrected chi connectivity index (χ2v) is 9.45. The Labute approximate surface area is 219 Å². The second-order valence-electron chi connectivity index (χ2n) is 9.45. The van der Waals surface area contributed by atoms with E-state index in [2.05, 4.69) is 40.4 Å². The van der Waals surface area contributed by atoms with Crippen molar-refractivity contribution < 1.29 is 27.4 Å². The average molecular weight is 520 g/mol. The van der Waals surface area contributed by atoms with Crippen LogP contribution in [-0.4, -0.2) is 32.3 Å². The molecule has 0 amide bonds. The molecule has 7 heteroatoms. The Morgan fingerprint density at radius 2 is 1.76 bits per heavy atom. The predicted octanol–water partition coefficient (Wildman–Crippen LogP) is 6.76. The maximum Gasteiger partial charge on any atom is 0.417 e. The Morgan fingerprint density at radius 1 is 1.00 bits per heavy atom. The third-order valence-electron chi connectivity index (χ3n) is 7.07. The van der Waals surface area contributed by atoms with Crippen LogP contribution < -0.4 is 10.1 Å². The van der Waals surface area contributed by atoms with Crippen LogP contribution in [0, 0.1) is 0 Å². The molecule has 0 radical (unpaired) electrons. The van der Waals surface area contributed by atoms with E-state index >= 15 is 0 Å². The number of carbonyl (C=O) groups is 1. The summed E-state index contributed by atoms with van der Waals surface area (Å²) in [6.45, 7) is 1.34. The van der Waals surface area contributed by atoms with Gasteiger partial charge in [0.1, 0.15) is 11.9 Å². The van der Waals surface area contributed by atoms with Crippen LogP contribution in [0.5, 0.6) is 5.75 Å². The lowest BCUT2D eigenvalue weighted by molar-refractivity contribution is -0.138. The molecule has 0 saturated heterocycles. The standard InChI is InChI=1S/C31H28F3NO3/c1-37-30(36)27-17-22(13-14-28(27)31(32,33)34)26-18-23(38-29-12-5-4-11-25(26)29)19-35-16-15-21-9-6-8-20-7-2-3-10-24(20)21/h2-14,17,23,26,35H,15-16,18-19H2,1H3. The van der Waals surface area contributed by atoms with E-state index in [1.165, 1.54) is 28.5 Å². The molecule has 1 aliphatic rings. The number of methoxy groups -OCH3 is 1. The van der Waals surface area contributed by atoms with Gasteiger partial charge in [-0.05, 0) is 59.5 Å². The topological polar surface area (TPSA) is 47.6 Å². The van der Waals surface area contributed by atoms with Gasteiger partial charge in [-0.15, -0.1) is 0 Å². The summed E-state index contributed by atoms with van der Waals surface area (Å²) in [7, 11) is 1.08. The number of alkyl halides is 3. The van der Waals surface area contributed by atoms with E-state index in [1.54, 1.807) is 0 Å². The van der Waals surface area contributed by atoms with Gasteiger partial charge in [-0.3, -0.25) is 0 Å². The molecular weight excluding hydrogens is 491 g/mol. The third-order valence-corrected chi connectivity index (χ3v) is 7.07. The molecule has 0 aliphatic carbocycles. The first kappa shape index (κ1) is 25.8. The molecule has 0 saturated carbocycles. The Morgan fingerprint density at radius 3 is 2.58 bits per heavy atom. The predicted molar refractivity (Wildman–Crippen MR) is 141 cm³/mol. The zero-order valence-electron chi connectivity index (χ0n) is 20.9. The zero-order valence-corrected chi connectivity index (χ0v) is 20.9. The van der Waals surface area contributed by atoms with Gasteiger partial charge < -0.3 is 14.8 Å². The molecule has 0 bridgehead atoms. The van der Waals surface area contributed by atoms with Gasteiger partial charge in [-0.25, -0.2) is 4.79 Å². The summed E-state index contributed by atoms with van der Waals surface area (Å²) in [4.78, 5) is 12.2. The lowest BCUT2D eigenvalue weighted by Gasteiger charge is -2.33. The fourth-order valence-corrected chi connectivity index (χ4v) is 5.24. The number of hydrogen-bond donors (Lipinski definition) is 1. The highest BCUT2D eigenvalue weighted by Gasteiger charge is 2.37. The minimum absolute atomic E-state index is 0.189. The van der Waals surface area contributed by atoms with E-state index in [0.717, 1.165) is 31.7 Å². The van der Waals surface area contributed by atoms with Crippen LogP contribution in [0.2, 0.25) is 0 Å². The number of carbonyl (C=O) groups excluding carboxylic acids is 1. The number of hydrogen-bond acceptors (Lipinski definition) is 4. The number of fused-ring (bicyclic) bond motifs is 2. The monoisotopic (exact) mass is 519 g/mol. The van der Waals surface area contributed by atoms with Crippen molar-refractivity contribution in [2.75, 3.05) is 20.2 Å². The van der Waals surface area contributed by atoms with Gasteiger partial charge in [0, 0.05) is 18.0 Å². The summed E-state index contributed by atoms with van der Waals surface area (Å²) in [5.41, 5.74) is 1.29. The molecule has 4 aromatic rings. The highest BCUT2D eigenvalue weighted by atomic mass is 19.4. The summed E-state index contributed by atoms with van der Waals surface area (Å²) in [5.74, 6) is -0.536. The fraction of sp³-hybridized carbons (Fsp3) is 0.258. The number of benzene rings is 4. The molecule has 5 rings (SSSR count). The van der Waals surface area contributed by atoms with Crippen molar-refractivity contribution in [3.05, 3.63) is 113 Å². The van der Waals surface area contributed by atoms with Gasteiger partial charge in [-0.2, -0.15) is 13.2 Å².